The van der Waals surface area contributed by atoms with Crippen molar-refractivity contribution in [2.75, 3.05) is 13.7 Å². The van der Waals surface area contributed by atoms with Crippen molar-refractivity contribution in [3.05, 3.63) is 0 Å². The normalized spacial score (nSPS) is 11.8. The number of hydrogen-bond acceptors (Lipinski definition) is 3. The van der Waals surface area contributed by atoms with Gasteiger partial charge in [-0.2, -0.15) is 8.78 Å². The summed E-state index contributed by atoms with van der Waals surface area (Å²) in [6.07, 6.45) is -4.12. The fourth-order valence-corrected chi connectivity index (χ4v) is 0.977. The van der Waals surface area contributed by atoms with E-state index in [2.05, 4.69) is 4.74 Å². The monoisotopic (exact) mass is 259 g/mol. The number of ether oxygens (including phenoxy) is 1. The summed E-state index contributed by atoms with van der Waals surface area (Å²) in [4.78, 5) is 22.4. The molecule has 17 heavy (non-hydrogen) atoms. The first-order chi connectivity index (χ1) is 7.64. The molecule has 0 atom stereocenters. The molecule has 0 unspecified atom stereocenters. The largest absolute Gasteiger partial charge is 0.468 e. The number of carbonyl (C=O) groups is 2. The molecule has 0 bridgehead atoms. The van der Waals surface area contributed by atoms with Gasteiger partial charge < -0.3 is 9.64 Å². The van der Waals surface area contributed by atoms with Crippen molar-refractivity contribution in [2.24, 2.45) is 0 Å². The lowest BCUT2D eigenvalue weighted by Gasteiger charge is -2.28. The first kappa shape index (κ1) is 15.7. The van der Waals surface area contributed by atoms with Gasteiger partial charge in [-0.25, -0.2) is 8.78 Å². The summed E-state index contributed by atoms with van der Waals surface area (Å²) >= 11 is 0. The molecular formula is C9H13F4NO3. The second kappa shape index (κ2) is 5.83. The molecule has 0 aromatic carbocycles. The van der Waals surface area contributed by atoms with Crippen LogP contribution in [0.4, 0.5) is 17.6 Å². The Morgan fingerprint density at radius 2 is 1.76 bits per heavy atom. The summed E-state index contributed by atoms with van der Waals surface area (Å²) in [5, 5.41) is 0. The van der Waals surface area contributed by atoms with Gasteiger partial charge in [0.15, 0.2) is 0 Å². The summed E-state index contributed by atoms with van der Waals surface area (Å²) in [5.74, 6) is -7.86. The lowest BCUT2D eigenvalue weighted by Crippen LogP contribution is -2.52. The number of nitrogens with zero attached hydrogens (tertiary/aromatic N) is 1. The minimum Gasteiger partial charge on any atom is -0.468 e. The molecule has 0 aliphatic carbocycles. The van der Waals surface area contributed by atoms with Crippen molar-refractivity contribution >= 4 is 11.9 Å². The summed E-state index contributed by atoms with van der Waals surface area (Å²) in [5.41, 5.74) is 0. The number of amides is 1. The molecule has 1 amide bonds. The molecule has 0 aliphatic heterocycles. The highest BCUT2D eigenvalue weighted by Gasteiger charge is 2.51. The summed E-state index contributed by atoms with van der Waals surface area (Å²) in [6, 6.07) is -0.828. The Labute approximate surface area is 95.5 Å². The van der Waals surface area contributed by atoms with E-state index in [1.165, 1.54) is 13.8 Å². The summed E-state index contributed by atoms with van der Waals surface area (Å²) in [7, 11) is 0.997. The van der Waals surface area contributed by atoms with Crippen molar-refractivity contribution in [1.29, 1.82) is 0 Å². The predicted molar refractivity (Wildman–Crippen MR) is 49.8 cm³/mol. The van der Waals surface area contributed by atoms with E-state index in [0.717, 1.165) is 7.11 Å². The Hall–Kier alpha value is -1.34. The van der Waals surface area contributed by atoms with E-state index in [4.69, 9.17) is 0 Å². The van der Waals surface area contributed by atoms with Crippen molar-refractivity contribution in [3.8, 4) is 0 Å². The molecule has 0 N–H and O–H groups in total. The highest BCUT2D eigenvalue weighted by atomic mass is 19.3. The van der Waals surface area contributed by atoms with Crippen LogP contribution in [0.2, 0.25) is 0 Å². The molecule has 0 rings (SSSR count). The van der Waals surface area contributed by atoms with Crippen LogP contribution in [0, 0.1) is 0 Å². The lowest BCUT2D eigenvalue weighted by atomic mass is 10.2. The Balaban J connectivity index is 4.96. The number of rotatable bonds is 5. The van der Waals surface area contributed by atoms with Crippen LogP contribution in [0.5, 0.6) is 0 Å². The van der Waals surface area contributed by atoms with Crippen LogP contribution in [0.3, 0.4) is 0 Å². The lowest BCUT2D eigenvalue weighted by molar-refractivity contribution is -0.184. The average molecular weight is 259 g/mol. The van der Waals surface area contributed by atoms with E-state index in [9.17, 15) is 27.2 Å². The van der Waals surface area contributed by atoms with E-state index in [0.29, 0.717) is 4.90 Å². The quantitative estimate of drug-likeness (QED) is 0.552. The van der Waals surface area contributed by atoms with Crippen LogP contribution < -0.4 is 0 Å². The number of esters is 1. The Kier molecular flexibility index (Phi) is 5.37. The Morgan fingerprint density at radius 1 is 1.29 bits per heavy atom. The van der Waals surface area contributed by atoms with E-state index in [1.807, 2.05) is 0 Å². The molecule has 100 valence electrons. The topological polar surface area (TPSA) is 46.6 Å². The van der Waals surface area contributed by atoms with Gasteiger partial charge in [0.05, 0.1) is 7.11 Å². The maximum atomic E-state index is 12.8. The molecule has 0 aromatic rings. The fraction of sp³-hybridized carbons (Fsp3) is 0.778. The molecule has 8 heteroatoms. The van der Waals surface area contributed by atoms with Gasteiger partial charge in [-0.15, -0.1) is 0 Å². The zero-order valence-corrected chi connectivity index (χ0v) is 9.55. The molecule has 0 heterocycles. The van der Waals surface area contributed by atoms with Gasteiger partial charge in [-0.05, 0) is 13.8 Å². The van der Waals surface area contributed by atoms with Gasteiger partial charge in [-0.1, -0.05) is 0 Å². The highest BCUT2D eigenvalue weighted by Crippen LogP contribution is 2.26. The standard InChI is InChI=1S/C9H13F4NO3/c1-5(2)14(4-6(15)17-3)8(16)9(12,13)7(10)11/h5,7H,4H2,1-3H3. The van der Waals surface area contributed by atoms with Crippen molar-refractivity contribution < 1.29 is 31.9 Å². The molecule has 4 nitrogen and oxygen atoms in total. The molecule has 0 radical (unpaired) electrons. The smallest absolute Gasteiger partial charge is 0.383 e. The van der Waals surface area contributed by atoms with E-state index >= 15 is 0 Å². The van der Waals surface area contributed by atoms with Crippen molar-refractivity contribution in [2.45, 2.75) is 32.2 Å². The Bertz CT molecular complexity index is 294. The number of carbonyl (C=O) groups excluding carboxylic acids is 2. The molecule has 0 saturated carbocycles. The molecule has 0 aliphatic rings. The van der Waals surface area contributed by atoms with Gasteiger partial charge >= 0.3 is 18.3 Å². The van der Waals surface area contributed by atoms with Crippen molar-refractivity contribution in [3.63, 3.8) is 0 Å². The second-order valence-electron chi connectivity index (χ2n) is 3.53. The maximum Gasteiger partial charge on any atom is 0.383 e. The van der Waals surface area contributed by atoms with Gasteiger partial charge in [0.25, 0.3) is 5.91 Å². The van der Waals surface area contributed by atoms with E-state index in [1.54, 1.807) is 0 Å². The van der Waals surface area contributed by atoms with Crippen LogP contribution in [-0.4, -0.2) is 48.8 Å². The number of hydrogen-bond donors (Lipinski definition) is 0. The summed E-state index contributed by atoms with van der Waals surface area (Å²) < 4.78 is 53.8. The number of methoxy groups -OCH3 is 1. The zero-order valence-electron chi connectivity index (χ0n) is 9.55. The highest BCUT2D eigenvalue weighted by molar-refractivity contribution is 5.87. The fourth-order valence-electron chi connectivity index (χ4n) is 0.977. The van der Waals surface area contributed by atoms with E-state index < -0.39 is 36.8 Å². The van der Waals surface area contributed by atoms with Crippen LogP contribution >= 0.6 is 0 Å². The zero-order chi connectivity index (χ0) is 13.8. The van der Waals surface area contributed by atoms with Gasteiger partial charge in [-0.3, -0.25) is 9.59 Å². The van der Waals surface area contributed by atoms with Crippen LogP contribution in [-0.2, 0) is 14.3 Å². The van der Waals surface area contributed by atoms with Crippen LogP contribution in [0.25, 0.3) is 0 Å². The third kappa shape index (κ3) is 3.86. The van der Waals surface area contributed by atoms with E-state index in [-0.39, 0.29) is 0 Å². The van der Waals surface area contributed by atoms with Gasteiger partial charge in [0.2, 0.25) is 0 Å². The first-order valence-electron chi connectivity index (χ1n) is 4.68. The maximum absolute atomic E-state index is 12.8. The van der Waals surface area contributed by atoms with Crippen LogP contribution in [0.1, 0.15) is 13.8 Å². The average Bonchev–Trinajstić information content (AvgIpc) is 2.23. The molecule has 0 spiro atoms. The SMILES string of the molecule is COC(=O)CN(C(=O)C(F)(F)C(F)F)C(C)C. The van der Waals surface area contributed by atoms with Gasteiger partial charge in [0, 0.05) is 6.04 Å². The minimum absolute atomic E-state index is 0.345. The number of alkyl halides is 4. The first-order valence-corrected chi connectivity index (χ1v) is 4.68. The third-order valence-electron chi connectivity index (χ3n) is 1.97. The predicted octanol–water partition coefficient (Wildman–Crippen LogP) is 1.30. The van der Waals surface area contributed by atoms with Gasteiger partial charge in [0.1, 0.15) is 6.54 Å². The number of halogens is 4. The molecular weight excluding hydrogens is 246 g/mol. The molecule has 0 saturated heterocycles. The minimum atomic E-state index is -4.81. The molecule has 0 fully saturated rings. The third-order valence-corrected chi connectivity index (χ3v) is 1.97. The van der Waals surface area contributed by atoms with Crippen LogP contribution in [0.15, 0.2) is 0 Å². The summed E-state index contributed by atoms with van der Waals surface area (Å²) in [6.45, 7) is 1.85. The Morgan fingerprint density at radius 3 is 2.06 bits per heavy atom. The van der Waals surface area contributed by atoms with Crippen molar-refractivity contribution in [1.82, 2.24) is 4.90 Å². The second-order valence-corrected chi connectivity index (χ2v) is 3.53. The molecule has 0 aromatic heterocycles.